The topological polar surface area (TPSA) is 134 Å². The number of hydrogen-bond donors (Lipinski definition) is 4. The number of rotatable bonds is 6. The number of carbonyl (C=O) groups excluding carboxylic acids is 1. The van der Waals surface area contributed by atoms with Crippen molar-refractivity contribution in [2.24, 2.45) is 22.1 Å². The van der Waals surface area contributed by atoms with Crippen molar-refractivity contribution in [3.63, 3.8) is 0 Å². The molecule has 8 nitrogen and oxygen atoms in total. The van der Waals surface area contributed by atoms with Crippen molar-refractivity contribution < 1.29 is 22.8 Å². The van der Waals surface area contributed by atoms with Gasteiger partial charge < -0.3 is 10.5 Å². The smallest absolute Gasteiger partial charge is 0.274 e. The molecular formula is C15H20BrFN4O4S. The van der Waals surface area contributed by atoms with Crippen LogP contribution in [0.2, 0.25) is 0 Å². The molecule has 0 unspecified atom stereocenters. The largest absolute Gasteiger partial charge is 0.409 e. The van der Waals surface area contributed by atoms with E-state index in [-0.39, 0.29) is 34.5 Å². The van der Waals surface area contributed by atoms with Gasteiger partial charge in [-0.3, -0.25) is 4.79 Å². The molecule has 0 saturated heterocycles. The van der Waals surface area contributed by atoms with Gasteiger partial charge in [0.1, 0.15) is 5.82 Å². The number of amidine groups is 1. The summed E-state index contributed by atoms with van der Waals surface area (Å²) in [6, 6.07) is 4.08. The molecule has 0 aliphatic heterocycles. The van der Waals surface area contributed by atoms with E-state index in [0.717, 1.165) is 0 Å². The number of oxime groups is 1. The fourth-order valence-electron chi connectivity index (χ4n) is 2.90. The summed E-state index contributed by atoms with van der Waals surface area (Å²) in [4.78, 5) is 12.5. The second kappa shape index (κ2) is 8.89. The van der Waals surface area contributed by atoms with Gasteiger partial charge in [0.25, 0.3) is 10.2 Å². The number of nitrogens with two attached hydrogens (primary N) is 1. The average molecular weight is 451 g/mol. The lowest BCUT2D eigenvalue weighted by Gasteiger charge is -2.27. The van der Waals surface area contributed by atoms with Crippen LogP contribution in [0.25, 0.3) is 0 Å². The Morgan fingerprint density at radius 2 is 2.00 bits per heavy atom. The summed E-state index contributed by atoms with van der Waals surface area (Å²) in [5.74, 6) is -1.23. The molecule has 5 N–H and O–H groups in total. The van der Waals surface area contributed by atoms with Crippen molar-refractivity contribution in [2.45, 2.75) is 25.7 Å². The molecule has 0 bridgehead atoms. The Balaban J connectivity index is 1.92. The number of nitrogens with zero attached hydrogens (tertiary/aromatic N) is 1. The molecule has 0 aromatic heterocycles. The maximum absolute atomic E-state index is 13.3. The van der Waals surface area contributed by atoms with E-state index in [4.69, 9.17) is 10.3 Å². The maximum Gasteiger partial charge on any atom is 0.274 e. The summed E-state index contributed by atoms with van der Waals surface area (Å²) in [6.45, 7) is 0.239. The summed E-state index contributed by atoms with van der Waals surface area (Å²) in [5, 5.41) is 19.8. The van der Waals surface area contributed by atoms with Crippen LogP contribution in [0, 0.1) is 17.7 Å². The van der Waals surface area contributed by atoms with Crippen LogP contribution in [0.1, 0.15) is 25.7 Å². The molecule has 0 radical (unpaired) electrons. The molecular weight excluding hydrogens is 431 g/mol. The molecule has 2 rings (SSSR count). The summed E-state index contributed by atoms with van der Waals surface area (Å²) in [7, 11) is -3.72. The number of ketones is 1. The van der Waals surface area contributed by atoms with Crippen molar-refractivity contribution in [1.82, 2.24) is 4.72 Å². The highest BCUT2D eigenvalue weighted by atomic mass is 79.9. The number of nitrogens with one attached hydrogen (secondary N) is 2. The van der Waals surface area contributed by atoms with Crippen LogP contribution in [0.5, 0.6) is 0 Å². The zero-order valence-electron chi connectivity index (χ0n) is 13.8. The van der Waals surface area contributed by atoms with Crippen molar-refractivity contribution in [3.05, 3.63) is 28.5 Å². The Kier molecular flexibility index (Phi) is 7.09. The standard InChI is InChI=1S/C15H20BrFN4O4S/c16-12-7-11(5-6-13(12)17)20-15(21-23)14(22)10-3-1-9(2-4-10)8-19-26(18,24)25/h5-7,9-10,19,23H,1-4,8H2,(H,20,21)(H2,18,24,25)/t9-,10-. The fraction of sp³-hybridized carbons (Fsp3) is 0.467. The lowest BCUT2D eigenvalue weighted by atomic mass is 9.80. The third-order valence-electron chi connectivity index (χ3n) is 4.31. The first-order valence-electron chi connectivity index (χ1n) is 7.95. The Labute approximate surface area is 159 Å². The van der Waals surface area contributed by atoms with Crippen molar-refractivity contribution in [3.8, 4) is 0 Å². The van der Waals surface area contributed by atoms with E-state index in [1.807, 2.05) is 0 Å². The van der Waals surface area contributed by atoms with Crippen LogP contribution in [-0.2, 0) is 15.0 Å². The molecule has 0 spiro atoms. The van der Waals surface area contributed by atoms with Gasteiger partial charge in [-0.1, -0.05) is 5.16 Å². The Morgan fingerprint density at radius 3 is 2.54 bits per heavy atom. The zero-order chi connectivity index (χ0) is 19.3. The third-order valence-corrected chi connectivity index (χ3v) is 5.48. The SMILES string of the molecule is NS(=O)(=O)NC[C@H]1CC[C@H](C(=O)/C(=N/O)Nc2ccc(F)c(Br)c2)CC1. The van der Waals surface area contributed by atoms with Crippen LogP contribution in [0.3, 0.4) is 0 Å². The van der Waals surface area contributed by atoms with E-state index < -0.39 is 16.0 Å². The fourth-order valence-corrected chi connectivity index (χ4v) is 3.75. The van der Waals surface area contributed by atoms with Crippen molar-refractivity contribution >= 4 is 43.4 Å². The Hall–Kier alpha value is -1.56. The quantitative estimate of drug-likeness (QED) is 0.227. The van der Waals surface area contributed by atoms with Gasteiger partial charge in [0.05, 0.1) is 4.47 Å². The second-order valence-corrected chi connectivity index (χ2v) is 8.41. The number of Topliss-reactive ketones (excluding diaryl/α,β-unsaturated/α-hetero) is 1. The molecule has 11 heteroatoms. The zero-order valence-corrected chi connectivity index (χ0v) is 16.2. The molecule has 0 amide bonds. The summed E-state index contributed by atoms with van der Waals surface area (Å²) >= 11 is 3.05. The summed E-state index contributed by atoms with van der Waals surface area (Å²) in [6.07, 6.45) is 2.40. The number of benzene rings is 1. The first kappa shape index (κ1) is 20.7. The Bertz CT molecular complexity index is 795. The highest BCUT2D eigenvalue weighted by Crippen LogP contribution is 2.29. The molecule has 1 aliphatic rings. The number of carbonyl (C=O) groups is 1. The first-order chi connectivity index (χ1) is 12.2. The van der Waals surface area contributed by atoms with Gasteiger partial charge in [0, 0.05) is 18.2 Å². The minimum atomic E-state index is -3.72. The van der Waals surface area contributed by atoms with Crippen LogP contribution < -0.4 is 15.2 Å². The molecule has 1 aliphatic carbocycles. The number of anilines is 1. The van der Waals surface area contributed by atoms with Gasteiger partial charge in [-0.25, -0.2) is 14.3 Å². The third kappa shape index (κ3) is 6.01. The van der Waals surface area contributed by atoms with E-state index in [1.54, 1.807) is 0 Å². The van der Waals surface area contributed by atoms with Crippen molar-refractivity contribution in [2.75, 3.05) is 11.9 Å². The molecule has 26 heavy (non-hydrogen) atoms. The van der Waals surface area contributed by atoms with Gasteiger partial charge in [0.2, 0.25) is 11.6 Å². The van der Waals surface area contributed by atoms with Gasteiger partial charge in [0.15, 0.2) is 0 Å². The monoisotopic (exact) mass is 450 g/mol. The molecule has 1 saturated carbocycles. The van der Waals surface area contributed by atoms with E-state index in [2.05, 4.69) is 31.1 Å². The molecule has 1 aromatic carbocycles. The maximum atomic E-state index is 13.3. The van der Waals surface area contributed by atoms with Crippen LogP contribution in [0.4, 0.5) is 10.1 Å². The number of halogens is 2. The first-order valence-corrected chi connectivity index (χ1v) is 10.3. The molecule has 1 aromatic rings. The number of hydrogen-bond acceptors (Lipinski definition) is 5. The van der Waals surface area contributed by atoms with Gasteiger partial charge in [-0.15, -0.1) is 0 Å². The highest BCUT2D eigenvalue weighted by Gasteiger charge is 2.30. The van der Waals surface area contributed by atoms with Gasteiger partial charge >= 0.3 is 0 Å². The van der Waals surface area contributed by atoms with E-state index in [0.29, 0.717) is 31.4 Å². The minimum Gasteiger partial charge on any atom is -0.409 e. The van der Waals surface area contributed by atoms with Crippen LogP contribution >= 0.6 is 15.9 Å². The predicted octanol–water partition coefficient (Wildman–Crippen LogP) is 1.96. The normalized spacial score (nSPS) is 21.4. The predicted molar refractivity (Wildman–Crippen MR) is 98.5 cm³/mol. The lowest BCUT2D eigenvalue weighted by Crippen LogP contribution is -2.37. The Morgan fingerprint density at radius 1 is 1.35 bits per heavy atom. The second-order valence-electron chi connectivity index (χ2n) is 6.18. The van der Waals surface area contributed by atoms with E-state index in [9.17, 15) is 17.6 Å². The lowest BCUT2D eigenvalue weighted by molar-refractivity contribution is -0.117. The van der Waals surface area contributed by atoms with Crippen molar-refractivity contribution in [1.29, 1.82) is 0 Å². The summed E-state index contributed by atoms with van der Waals surface area (Å²) < 4.78 is 37.6. The van der Waals surface area contributed by atoms with E-state index in [1.165, 1.54) is 18.2 Å². The molecule has 0 heterocycles. The van der Waals surface area contributed by atoms with Crippen LogP contribution in [0.15, 0.2) is 27.8 Å². The van der Waals surface area contributed by atoms with Crippen LogP contribution in [-0.4, -0.2) is 31.8 Å². The minimum absolute atomic E-state index is 0.105. The molecule has 1 fully saturated rings. The van der Waals surface area contributed by atoms with Gasteiger partial charge in [-0.05, 0) is 65.7 Å². The van der Waals surface area contributed by atoms with Gasteiger partial charge in [-0.2, -0.15) is 8.42 Å². The average Bonchev–Trinajstić information content (AvgIpc) is 2.60. The summed E-state index contributed by atoms with van der Waals surface area (Å²) in [5.41, 5.74) is 0.408. The van der Waals surface area contributed by atoms with E-state index >= 15 is 0 Å². The molecule has 0 atom stereocenters. The highest BCUT2D eigenvalue weighted by molar-refractivity contribution is 9.10. The molecule has 144 valence electrons.